The summed E-state index contributed by atoms with van der Waals surface area (Å²) in [5.74, 6) is -0.858. The fourth-order valence-corrected chi connectivity index (χ4v) is 2.13. The molecule has 19 heavy (non-hydrogen) atoms. The van der Waals surface area contributed by atoms with E-state index in [1.807, 2.05) is 30.3 Å². The molecule has 6 heteroatoms. The number of nitro groups is 1. The lowest BCUT2D eigenvalue weighted by molar-refractivity contribution is -0.386. The Morgan fingerprint density at radius 3 is 2.53 bits per heavy atom. The SMILES string of the molecule is O=[N+]([O-])c1c(F)ccc(Br)c1NCc1ccccc1. The molecule has 0 aliphatic rings. The van der Waals surface area contributed by atoms with Crippen molar-refractivity contribution in [1.82, 2.24) is 0 Å². The number of benzene rings is 2. The number of nitrogens with zero attached hydrogens (tertiary/aromatic N) is 1. The summed E-state index contributed by atoms with van der Waals surface area (Å²) >= 11 is 3.19. The molecule has 0 aromatic heterocycles. The van der Waals surface area contributed by atoms with Gasteiger partial charge < -0.3 is 5.32 Å². The molecule has 0 aliphatic heterocycles. The van der Waals surface area contributed by atoms with Crippen LogP contribution in [0.15, 0.2) is 46.9 Å². The Morgan fingerprint density at radius 1 is 1.21 bits per heavy atom. The van der Waals surface area contributed by atoms with E-state index in [0.717, 1.165) is 11.6 Å². The minimum Gasteiger partial charge on any atom is -0.374 e. The summed E-state index contributed by atoms with van der Waals surface area (Å²) in [7, 11) is 0. The van der Waals surface area contributed by atoms with Gasteiger partial charge >= 0.3 is 5.69 Å². The highest BCUT2D eigenvalue weighted by Gasteiger charge is 2.22. The van der Waals surface area contributed by atoms with Crippen LogP contribution in [-0.4, -0.2) is 4.92 Å². The summed E-state index contributed by atoms with van der Waals surface area (Å²) in [5.41, 5.74) is 0.548. The van der Waals surface area contributed by atoms with E-state index in [1.165, 1.54) is 6.07 Å². The standard InChI is InChI=1S/C13H10BrFN2O2/c14-10-6-7-11(15)13(17(18)19)12(10)16-8-9-4-2-1-3-5-9/h1-7,16H,8H2. The zero-order valence-corrected chi connectivity index (χ0v) is 11.4. The van der Waals surface area contributed by atoms with Crippen molar-refractivity contribution in [3.8, 4) is 0 Å². The molecular weight excluding hydrogens is 315 g/mol. The highest BCUT2D eigenvalue weighted by atomic mass is 79.9. The topological polar surface area (TPSA) is 55.2 Å². The van der Waals surface area contributed by atoms with Crippen LogP contribution in [0.3, 0.4) is 0 Å². The lowest BCUT2D eigenvalue weighted by atomic mass is 10.2. The van der Waals surface area contributed by atoms with Crippen molar-refractivity contribution < 1.29 is 9.31 Å². The summed E-state index contributed by atoms with van der Waals surface area (Å²) in [5, 5.41) is 13.8. The smallest absolute Gasteiger partial charge is 0.328 e. The third kappa shape index (κ3) is 3.08. The first-order valence-corrected chi connectivity index (χ1v) is 6.29. The Labute approximate surface area is 117 Å². The van der Waals surface area contributed by atoms with Crippen LogP contribution in [0.4, 0.5) is 15.8 Å². The van der Waals surface area contributed by atoms with Gasteiger partial charge in [-0.2, -0.15) is 4.39 Å². The van der Waals surface area contributed by atoms with Crippen molar-refractivity contribution in [1.29, 1.82) is 0 Å². The molecule has 0 saturated heterocycles. The van der Waals surface area contributed by atoms with Gasteiger partial charge in [0.1, 0.15) is 5.69 Å². The normalized spacial score (nSPS) is 10.2. The van der Waals surface area contributed by atoms with E-state index in [-0.39, 0.29) is 5.69 Å². The minimum absolute atomic E-state index is 0.147. The molecule has 0 unspecified atom stereocenters. The predicted octanol–water partition coefficient (Wildman–Crippen LogP) is 4.11. The Morgan fingerprint density at radius 2 is 1.89 bits per heavy atom. The fraction of sp³-hybridized carbons (Fsp3) is 0.0769. The maximum Gasteiger partial charge on any atom is 0.328 e. The average Bonchev–Trinajstić information content (AvgIpc) is 2.40. The summed E-state index contributed by atoms with van der Waals surface area (Å²) in [4.78, 5) is 10.2. The molecule has 0 aliphatic carbocycles. The van der Waals surface area contributed by atoms with E-state index in [4.69, 9.17) is 0 Å². The van der Waals surface area contributed by atoms with Crippen LogP contribution in [0, 0.1) is 15.9 Å². The van der Waals surface area contributed by atoms with Crippen molar-refractivity contribution in [2.75, 3.05) is 5.32 Å². The Bertz CT molecular complexity index is 605. The van der Waals surface area contributed by atoms with Gasteiger partial charge in [-0.1, -0.05) is 30.3 Å². The van der Waals surface area contributed by atoms with Crippen molar-refractivity contribution in [2.24, 2.45) is 0 Å². The second-order valence-corrected chi connectivity index (χ2v) is 4.70. The Hall–Kier alpha value is -1.95. The van der Waals surface area contributed by atoms with Crippen LogP contribution in [0.25, 0.3) is 0 Å². The number of nitro benzene ring substituents is 1. The molecule has 0 amide bonds. The largest absolute Gasteiger partial charge is 0.374 e. The van der Waals surface area contributed by atoms with Gasteiger partial charge in [0.2, 0.25) is 5.82 Å². The number of hydrogen-bond acceptors (Lipinski definition) is 3. The molecule has 0 heterocycles. The van der Waals surface area contributed by atoms with Crippen molar-refractivity contribution in [3.05, 3.63) is 68.4 Å². The van der Waals surface area contributed by atoms with Gasteiger partial charge in [0.25, 0.3) is 0 Å². The van der Waals surface area contributed by atoms with Crippen LogP contribution in [0.5, 0.6) is 0 Å². The number of nitrogens with one attached hydrogen (secondary N) is 1. The zero-order valence-electron chi connectivity index (χ0n) is 9.77. The average molecular weight is 325 g/mol. The molecule has 0 fully saturated rings. The number of halogens is 2. The molecule has 1 N–H and O–H groups in total. The van der Waals surface area contributed by atoms with Crippen LogP contribution in [0.2, 0.25) is 0 Å². The molecule has 4 nitrogen and oxygen atoms in total. The quantitative estimate of drug-likeness (QED) is 0.680. The van der Waals surface area contributed by atoms with Gasteiger partial charge in [0, 0.05) is 11.0 Å². The highest BCUT2D eigenvalue weighted by Crippen LogP contribution is 2.35. The van der Waals surface area contributed by atoms with E-state index in [1.54, 1.807) is 0 Å². The number of hydrogen-bond donors (Lipinski definition) is 1. The maximum atomic E-state index is 13.5. The van der Waals surface area contributed by atoms with Crippen LogP contribution in [-0.2, 0) is 6.54 Å². The second kappa shape index (κ2) is 5.79. The second-order valence-electron chi connectivity index (χ2n) is 3.85. The van der Waals surface area contributed by atoms with E-state index in [9.17, 15) is 14.5 Å². The third-order valence-corrected chi connectivity index (χ3v) is 3.23. The summed E-state index contributed by atoms with van der Waals surface area (Å²) in [6.45, 7) is 0.379. The predicted molar refractivity (Wildman–Crippen MR) is 74.5 cm³/mol. The molecule has 0 radical (unpaired) electrons. The van der Waals surface area contributed by atoms with Crippen LogP contribution < -0.4 is 5.32 Å². The van der Waals surface area contributed by atoms with E-state index in [2.05, 4.69) is 21.2 Å². The first-order valence-electron chi connectivity index (χ1n) is 5.50. The zero-order chi connectivity index (χ0) is 13.8. The lowest BCUT2D eigenvalue weighted by Crippen LogP contribution is -2.05. The Balaban J connectivity index is 2.29. The van der Waals surface area contributed by atoms with Gasteiger partial charge in [-0.15, -0.1) is 0 Å². The van der Waals surface area contributed by atoms with Crippen molar-refractivity contribution >= 4 is 27.3 Å². The molecule has 0 spiro atoms. The van der Waals surface area contributed by atoms with Gasteiger partial charge in [-0.3, -0.25) is 10.1 Å². The van der Waals surface area contributed by atoms with Crippen molar-refractivity contribution in [3.63, 3.8) is 0 Å². The lowest BCUT2D eigenvalue weighted by Gasteiger charge is -2.09. The van der Waals surface area contributed by atoms with Crippen molar-refractivity contribution in [2.45, 2.75) is 6.54 Å². The minimum atomic E-state index is -0.858. The molecule has 2 aromatic carbocycles. The molecule has 98 valence electrons. The fourth-order valence-electron chi connectivity index (χ4n) is 1.67. The molecular formula is C13H10BrFN2O2. The molecule has 0 bridgehead atoms. The van der Waals surface area contributed by atoms with E-state index < -0.39 is 16.4 Å². The summed E-state index contributed by atoms with van der Waals surface area (Å²) in [6.07, 6.45) is 0. The summed E-state index contributed by atoms with van der Waals surface area (Å²) < 4.78 is 14.0. The molecule has 0 saturated carbocycles. The first-order chi connectivity index (χ1) is 9.09. The van der Waals surface area contributed by atoms with Gasteiger partial charge in [0.15, 0.2) is 0 Å². The van der Waals surface area contributed by atoms with Crippen LogP contribution in [0.1, 0.15) is 5.56 Å². The van der Waals surface area contributed by atoms with Gasteiger partial charge in [-0.05, 0) is 33.6 Å². The highest BCUT2D eigenvalue weighted by molar-refractivity contribution is 9.10. The number of rotatable bonds is 4. The van der Waals surface area contributed by atoms with E-state index >= 15 is 0 Å². The first kappa shape index (κ1) is 13.5. The Kier molecular flexibility index (Phi) is 4.11. The maximum absolute atomic E-state index is 13.5. The molecule has 2 aromatic rings. The molecule has 2 rings (SSSR count). The van der Waals surface area contributed by atoms with Gasteiger partial charge in [-0.25, -0.2) is 0 Å². The van der Waals surface area contributed by atoms with E-state index in [0.29, 0.717) is 11.0 Å². The summed E-state index contributed by atoms with van der Waals surface area (Å²) in [6, 6.07) is 11.9. The van der Waals surface area contributed by atoms with Gasteiger partial charge in [0.05, 0.1) is 4.92 Å². The number of anilines is 1. The third-order valence-electron chi connectivity index (χ3n) is 2.57. The monoisotopic (exact) mass is 324 g/mol. The molecule has 0 atom stereocenters. The van der Waals surface area contributed by atoms with Crippen LogP contribution >= 0.6 is 15.9 Å².